The van der Waals surface area contributed by atoms with Crippen LogP contribution in [0.5, 0.6) is 11.5 Å². The van der Waals surface area contributed by atoms with E-state index in [1.54, 1.807) is 18.2 Å². The van der Waals surface area contributed by atoms with Crippen LogP contribution in [0.25, 0.3) is 0 Å². The van der Waals surface area contributed by atoms with Crippen LogP contribution in [0.15, 0.2) is 24.3 Å². The Morgan fingerprint density at radius 2 is 2.13 bits per heavy atom. The third-order valence-corrected chi connectivity index (χ3v) is 3.39. The highest BCUT2D eigenvalue weighted by molar-refractivity contribution is 6.32. The number of benzene rings is 1. The van der Waals surface area contributed by atoms with Gasteiger partial charge in [-0.25, -0.2) is 4.79 Å². The first kappa shape index (κ1) is 17.1. The van der Waals surface area contributed by atoms with Crippen LogP contribution in [0, 0.1) is 0 Å². The van der Waals surface area contributed by atoms with Crippen LogP contribution in [0.3, 0.4) is 0 Å². The molecule has 7 heteroatoms. The molecule has 0 spiro atoms. The molecule has 6 nitrogen and oxygen atoms in total. The fourth-order valence-electron chi connectivity index (χ4n) is 2.06. The zero-order valence-electron chi connectivity index (χ0n) is 12.8. The van der Waals surface area contributed by atoms with E-state index in [9.17, 15) is 9.59 Å². The first-order valence-electron chi connectivity index (χ1n) is 7.19. The summed E-state index contributed by atoms with van der Waals surface area (Å²) in [6.07, 6.45) is 3.71. The fraction of sp³-hybridized carbons (Fsp3) is 0.375. The first-order valence-corrected chi connectivity index (χ1v) is 7.57. The second kappa shape index (κ2) is 8.43. The fourth-order valence-corrected chi connectivity index (χ4v) is 2.34. The second-order valence-corrected chi connectivity index (χ2v) is 5.25. The van der Waals surface area contributed by atoms with Gasteiger partial charge in [0.1, 0.15) is 13.2 Å². The van der Waals surface area contributed by atoms with E-state index in [0.29, 0.717) is 42.7 Å². The minimum Gasteiger partial charge on any atom is -0.486 e. The molecule has 1 aromatic carbocycles. The third kappa shape index (κ3) is 5.17. The summed E-state index contributed by atoms with van der Waals surface area (Å²) in [5.41, 5.74) is 0.752. The molecule has 0 fully saturated rings. The largest absolute Gasteiger partial charge is 0.486 e. The number of hydrogen-bond acceptors (Lipinski definition) is 5. The molecule has 1 heterocycles. The van der Waals surface area contributed by atoms with E-state index in [1.807, 2.05) is 0 Å². The Balaban J connectivity index is 1.82. The molecule has 1 aliphatic heterocycles. The number of rotatable bonds is 6. The van der Waals surface area contributed by atoms with Gasteiger partial charge in [-0.15, -0.1) is 0 Å². The number of nitrogens with one attached hydrogen (secondary N) is 1. The summed E-state index contributed by atoms with van der Waals surface area (Å²) in [7, 11) is 1.31. The van der Waals surface area contributed by atoms with Gasteiger partial charge >= 0.3 is 5.97 Å². The normalized spacial score (nSPS) is 13.0. The van der Waals surface area contributed by atoms with E-state index in [0.717, 1.165) is 5.56 Å². The van der Waals surface area contributed by atoms with Crippen molar-refractivity contribution in [3.8, 4) is 11.5 Å². The maximum absolute atomic E-state index is 11.9. The number of fused-ring (bicyclic) bond motifs is 1. The predicted molar refractivity (Wildman–Crippen MR) is 84.9 cm³/mol. The van der Waals surface area contributed by atoms with Crippen LogP contribution >= 0.6 is 11.6 Å². The lowest BCUT2D eigenvalue weighted by Gasteiger charge is -2.20. The Bertz CT molecular complexity index is 615. The van der Waals surface area contributed by atoms with E-state index < -0.39 is 5.97 Å². The molecule has 2 rings (SSSR count). The predicted octanol–water partition coefficient (Wildman–Crippen LogP) is 1.89. The summed E-state index contributed by atoms with van der Waals surface area (Å²) in [6, 6.07) is 3.46. The zero-order chi connectivity index (χ0) is 16.7. The van der Waals surface area contributed by atoms with E-state index in [4.69, 9.17) is 21.1 Å². The summed E-state index contributed by atoms with van der Waals surface area (Å²) in [5.74, 6) is 0.536. The molecular weight excluding hydrogens is 322 g/mol. The Kier molecular flexibility index (Phi) is 6.29. The van der Waals surface area contributed by atoms with Crippen LogP contribution in [-0.2, 0) is 20.7 Å². The van der Waals surface area contributed by atoms with Crippen molar-refractivity contribution in [2.45, 2.75) is 12.8 Å². The van der Waals surface area contributed by atoms with E-state index >= 15 is 0 Å². The highest BCUT2D eigenvalue weighted by Gasteiger charge is 2.17. The van der Waals surface area contributed by atoms with Crippen LogP contribution in [0.2, 0.25) is 5.02 Å². The number of ether oxygens (including phenoxy) is 3. The van der Waals surface area contributed by atoms with Crippen molar-refractivity contribution in [1.82, 2.24) is 5.32 Å². The highest BCUT2D eigenvalue weighted by atomic mass is 35.5. The quantitative estimate of drug-likeness (QED) is 0.487. The number of methoxy groups -OCH3 is 1. The molecule has 0 saturated heterocycles. The maximum atomic E-state index is 11.9. The van der Waals surface area contributed by atoms with Crippen molar-refractivity contribution in [1.29, 1.82) is 0 Å². The molecular formula is C16H18ClNO5. The molecule has 0 unspecified atom stereocenters. The van der Waals surface area contributed by atoms with Gasteiger partial charge in [-0.2, -0.15) is 0 Å². The van der Waals surface area contributed by atoms with Gasteiger partial charge in [0.2, 0.25) is 5.91 Å². The van der Waals surface area contributed by atoms with Crippen molar-refractivity contribution in [3.05, 3.63) is 34.9 Å². The van der Waals surface area contributed by atoms with Crippen molar-refractivity contribution in [2.75, 3.05) is 26.9 Å². The van der Waals surface area contributed by atoms with E-state index in [1.165, 1.54) is 13.2 Å². The number of hydrogen-bond donors (Lipinski definition) is 1. The molecule has 0 atom stereocenters. The van der Waals surface area contributed by atoms with Gasteiger partial charge in [0.05, 0.1) is 18.6 Å². The third-order valence-electron chi connectivity index (χ3n) is 3.11. The minimum absolute atomic E-state index is 0.135. The van der Waals surface area contributed by atoms with Gasteiger partial charge in [-0.05, 0) is 24.1 Å². The number of amides is 1. The average molecular weight is 340 g/mol. The average Bonchev–Trinajstić information content (AvgIpc) is 2.54. The molecule has 23 heavy (non-hydrogen) atoms. The van der Waals surface area contributed by atoms with E-state index in [2.05, 4.69) is 10.1 Å². The second-order valence-electron chi connectivity index (χ2n) is 4.84. The van der Waals surface area contributed by atoms with Crippen LogP contribution in [-0.4, -0.2) is 38.7 Å². The first-order chi connectivity index (χ1) is 11.1. The number of esters is 1. The summed E-state index contributed by atoms with van der Waals surface area (Å²) < 4.78 is 15.4. The highest BCUT2D eigenvalue weighted by Crippen LogP contribution is 2.38. The summed E-state index contributed by atoms with van der Waals surface area (Å²) in [5, 5.41) is 3.20. The molecule has 0 aliphatic carbocycles. The topological polar surface area (TPSA) is 73.9 Å². The van der Waals surface area contributed by atoms with Crippen LogP contribution in [0.1, 0.15) is 12.0 Å². The Morgan fingerprint density at radius 1 is 1.35 bits per heavy atom. The molecule has 1 N–H and O–H groups in total. The van der Waals surface area contributed by atoms with E-state index in [-0.39, 0.29) is 12.3 Å². The smallest absolute Gasteiger partial charge is 0.330 e. The van der Waals surface area contributed by atoms with Crippen LogP contribution < -0.4 is 14.8 Å². The summed E-state index contributed by atoms with van der Waals surface area (Å²) in [4.78, 5) is 22.8. The number of halogens is 1. The molecule has 0 bridgehead atoms. The van der Waals surface area contributed by atoms with Crippen molar-refractivity contribution in [2.24, 2.45) is 0 Å². The molecule has 124 valence electrons. The molecule has 0 aromatic heterocycles. The van der Waals surface area contributed by atoms with Crippen molar-refractivity contribution >= 4 is 23.5 Å². The summed E-state index contributed by atoms with van der Waals surface area (Å²) >= 11 is 6.13. The number of carbonyl (C=O) groups excluding carboxylic acids is 2. The maximum Gasteiger partial charge on any atom is 0.330 e. The molecule has 1 aliphatic rings. The van der Waals surface area contributed by atoms with Crippen molar-refractivity contribution < 1.29 is 23.8 Å². The standard InChI is InChI=1S/C16H18ClNO5/c1-21-15(20)4-2-3-5-18-14(19)10-11-8-12(17)16-13(9-11)22-6-7-23-16/h2,4,8-9H,3,5-7,10H2,1H3,(H,18,19)/b4-2+. The monoisotopic (exact) mass is 339 g/mol. The SMILES string of the molecule is COC(=O)/C=C/CCNC(=O)Cc1cc(Cl)c2c(c1)OCCO2. The minimum atomic E-state index is -0.415. The Morgan fingerprint density at radius 3 is 2.91 bits per heavy atom. The lowest BCUT2D eigenvalue weighted by Crippen LogP contribution is -2.26. The van der Waals surface area contributed by atoms with Gasteiger partial charge in [0, 0.05) is 12.6 Å². The lowest BCUT2D eigenvalue weighted by atomic mass is 10.1. The lowest BCUT2D eigenvalue weighted by molar-refractivity contribution is -0.134. The molecule has 0 saturated carbocycles. The van der Waals surface area contributed by atoms with Gasteiger partial charge in [0.15, 0.2) is 11.5 Å². The Labute approximate surface area is 139 Å². The molecule has 1 amide bonds. The van der Waals surface area contributed by atoms with Gasteiger partial charge in [0.25, 0.3) is 0 Å². The summed E-state index contributed by atoms with van der Waals surface area (Å²) in [6.45, 7) is 1.36. The zero-order valence-corrected chi connectivity index (χ0v) is 13.5. The van der Waals surface area contributed by atoms with Gasteiger partial charge in [-0.1, -0.05) is 17.7 Å². The van der Waals surface area contributed by atoms with Crippen molar-refractivity contribution in [3.63, 3.8) is 0 Å². The number of carbonyl (C=O) groups is 2. The van der Waals surface area contributed by atoms with Gasteiger partial charge in [-0.3, -0.25) is 4.79 Å². The van der Waals surface area contributed by atoms with Crippen LogP contribution in [0.4, 0.5) is 0 Å². The Hall–Kier alpha value is -2.21. The molecule has 1 aromatic rings. The van der Waals surface area contributed by atoms with Gasteiger partial charge < -0.3 is 19.5 Å². The molecule has 0 radical (unpaired) electrons.